The Morgan fingerprint density at radius 2 is 2.07 bits per heavy atom. The van der Waals surface area contributed by atoms with Gasteiger partial charge >= 0.3 is 5.69 Å². The average molecular weight is 410 g/mol. The van der Waals surface area contributed by atoms with Crippen LogP contribution in [0.25, 0.3) is 0 Å². The van der Waals surface area contributed by atoms with E-state index < -0.39 is 17.8 Å². The van der Waals surface area contributed by atoms with Crippen LogP contribution >= 0.6 is 0 Å². The minimum Gasteiger partial charge on any atom is -0.486 e. The maximum atomic E-state index is 12.9. The molecule has 0 spiro atoms. The van der Waals surface area contributed by atoms with Gasteiger partial charge in [0.05, 0.1) is 6.54 Å². The largest absolute Gasteiger partial charge is 0.486 e. The van der Waals surface area contributed by atoms with E-state index in [4.69, 9.17) is 9.47 Å². The highest BCUT2D eigenvalue weighted by Gasteiger charge is 2.27. The number of carbonyl (C=O) groups is 1. The van der Waals surface area contributed by atoms with Crippen LogP contribution in [0.2, 0.25) is 0 Å². The molecule has 0 unspecified atom stereocenters. The van der Waals surface area contributed by atoms with Crippen molar-refractivity contribution in [3.63, 3.8) is 0 Å². The van der Waals surface area contributed by atoms with E-state index in [1.807, 2.05) is 31.2 Å². The Labute approximate surface area is 172 Å². The lowest BCUT2D eigenvalue weighted by Crippen LogP contribution is -2.48. The number of likely N-dealkylation sites (N-methyl/N-ethyl adjacent to an activating group) is 1. The molecular formula is C21H22N4O5. The Balaban J connectivity index is 1.53. The third kappa shape index (κ3) is 3.45. The average Bonchev–Trinajstić information content (AvgIpc) is 3.25. The van der Waals surface area contributed by atoms with E-state index in [1.54, 1.807) is 6.07 Å². The van der Waals surface area contributed by atoms with Crippen molar-refractivity contribution in [2.24, 2.45) is 0 Å². The van der Waals surface area contributed by atoms with Crippen molar-refractivity contribution in [2.45, 2.75) is 39.0 Å². The fourth-order valence-electron chi connectivity index (χ4n) is 3.93. The molecule has 156 valence electrons. The van der Waals surface area contributed by atoms with Crippen LogP contribution in [0.4, 0.5) is 0 Å². The van der Waals surface area contributed by atoms with Gasteiger partial charge in [-0.1, -0.05) is 12.1 Å². The number of nitriles is 1. The summed E-state index contributed by atoms with van der Waals surface area (Å²) in [6, 6.07) is 9.21. The van der Waals surface area contributed by atoms with Gasteiger partial charge in [-0.2, -0.15) is 5.26 Å². The Morgan fingerprint density at radius 3 is 2.80 bits per heavy atom. The normalized spacial score (nSPS) is 16.6. The zero-order valence-corrected chi connectivity index (χ0v) is 16.7. The number of nitrogens with zero attached hydrogens (tertiary/aromatic N) is 4. The zero-order chi connectivity index (χ0) is 21.3. The monoisotopic (exact) mass is 410 g/mol. The molecule has 0 N–H and O–H groups in total. The topological polar surface area (TPSA) is 107 Å². The molecule has 1 aromatic heterocycles. The minimum atomic E-state index is -0.703. The summed E-state index contributed by atoms with van der Waals surface area (Å²) in [6.07, 6.45) is 0.850. The molecule has 0 radical (unpaired) electrons. The van der Waals surface area contributed by atoms with E-state index in [2.05, 4.69) is 0 Å². The molecule has 3 heterocycles. The number of ether oxygens (including phenoxy) is 2. The van der Waals surface area contributed by atoms with Crippen LogP contribution in [0, 0.1) is 11.3 Å². The van der Waals surface area contributed by atoms with E-state index >= 15 is 0 Å². The van der Waals surface area contributed by atoms with Crippen LogP contribution < -0.4 is 20.7 Å². The molecule has 4 rings (SSSR count). The third-order valence-corrected chi connectivity index (χ3v) is 5.46. The number of hydrogen-bond donors (Lipinski definition) is 0. The summed E-state index contributed by atoms with van der Waals surface area (Å²) in [5.41, 5.74) is -0.827. The van der Waals surface area contributed by atoms with Gasteiger partial charge in [-0.3, -0.25) is 14.2 Å². The molecule has 2 aliphatic heterocycles. The van der Waals surface area contributed by atoms with E-state index in [0.29, 0.717) is 49.7 Å². The van der Waals surface area contributed by atoms with Crippen LogP contribution in [0.3, 0.4) is 0 Å². The minimum absolute atomic E-state index is 0.0523. The second-order valence-corrected chi connectivity index (χ2v) is 7.29. The van der Waals surface area contributed by atoms with Crippen molar-refractivity contribution in [2.75, 3.05) is 19.7 Å². The molecule has 1 amide bonds. The van der Waals surface area contributed by atoms with Crippen LogP contribution in [0.15, 0.2) is 33.9 Å². The highest BCUT2D eigenvalue weighted by Crippen LogP contribution is 2.31. The second kappa shape index (κ2) is 8.06. The molecule has 0 saturated heterocycles. The smallest absolute Gasteiger partial charge is 0.331 e. The van der Waals surface area contributed by atoms with Crippen LogP contribution in [-0.2, 0) is 24.3 Å². The van der Waals surface area contributed by atoms with Gasteiger partial charge < -0.3 is 14.4 Å². The number of hydrogen-bond acceptors (Lipinski definition) is 6. The van der Waals surface area contributed by atoms with Crippen molar-refractivity contribution in [3.05, 3.63) is 56.4 Å². The maximum absolute atomic E-state index is 12.9. The maximum Gasteiger partial charge on any atom is 0.331 e. The van der Waals surface area contributed by atoms with Crippen molar-refractivity contribution in [1.82, 2.24) is 14.0 Å². The fourth-order valence-corrected chi connectivity index (χ4v) is 3.93. The summed E-state index contributed by atoms with van der Waals surface area (Å²) >= 11 is 0. The van der Waals surface area contributed by atoms with Crippen molar-refractivity contribution >= 4 is 5.91 Å². The predicted octanol–water partition coefficient (Wildman–Crippen LogP) is 0.516. The molecule has 0 fully saturated rings. The van der Waals surface area contributed by atoms with Gasteiger partial charge in [0.15, 0.2) is 17.6 Å². The summed E-state index contributed by atoms with van der Waals surface area (Å²) in [4.78, 5) is 39.8. The number of benzene rings is 1. The molecule has 0 bridgehead atoms. The van der Waals surface area contributed by atoms with Crippen molar-refractivity contribution in [1.29, 1.82) is 5.26 Å². The van der Waals surface area contributed by atoms with Crippen molar-refractivity contribution in [3.8, 4) is 17.6 Å². The molecule has 2 aliphatic rings. The van der Waals surface area contributed by atoms with Crippen LogP contribution in [-0.4, -0.2) is 45.7 Å². The zero-order valence-electron chi connectivity index (χ0n) is 16.7. The first-order chi connectivity index (χ1) is 14.5. The van der Waals surface area contributed by atoms with Gasteiger partial charge in [0.1, 0.15) is 24.8 Å². The Hall–Kier alpha value is -3.54. The summed E-state index contributed by atoms with van der Waals surface area (Å²) in [5, 5.41) is 9.38. The number of carbonyl (C=O) groups excluding carboxylic acids is 1. The lowest BCUT2D eigenvalue weighted by Gasteiger charge is -2.31. The Morgan fingerprint density at radius 1 is 1.30 bits per heavy atom. The van der Waals surface area contributed by atoms with Crippen LogP contribution in [0.1, 0.15) is 24.6 Å². The molecule has 0 saturated carbocycles. The van der Waals surface area contributed by atoms with E-state index in [-0.39, 0.29) is 24.1 Å². The second-order valence-electron chi connectivity index (χ2n) is 7.29. The SMILES string of the molecule is CCN(C[C@H]1COc2ccccc2O1)C(=O)Cn1c(=O)c(C#N)c2n(c1=O)CCC2. The van der Waals surface area contributed by atoms with E-state index in [9.17, 15) is 19.6 Å². The summed E-state index contributed by atoms with van der Waals surface area (Å²) in [5.74, 6) is 0.885. The van der Waals surface area contributed by atoms with Gasteiger partial charge in [0.25, 0.3) is 5.56 Å². The van der Waals surface area contributed by atoms with E-state index in [0.717, 1.165) is 4.57 Å². The first kappa shape index (κ1) is 19.8. The summed E-state index contributed by atoms with van der Waals surface area (Å²) in [6.45, 7) is 2.78. The molecule has 1 aromatic carbocycles. The number of para-hydroxylation sites is 2. The molecule has 9 heteroatoms. The number of amides is 1. The number of fused-ring (bicyclic) bond motifs is 2. The van der Waals surface area contributed by atoms with Crippen molar-refractivity contribution < 1.29 is 14.3 Å². The molecular weight excluding hydrogens is 388 g/mol. The van der Waals surface area contributed by atoms with Gasteiger partial charge in [-0.25, -0.2) is 9.36 Å². The lowest BCUT2D eigenvalue weighted by atomic mass is 10.2. The molecule has 9 nitrogen and oxygen atoms in total. The molecule has 2 aromatic rings. The lowest BCUT2D eigenvalue weighted by molar-refractivity contribution is -0.133. The van der Waals surface area contributed by atoms with Gasteiger partial charge in [-0.15, -0.1) is 0 Å². The molecule has 0 aliphatic carbocycles. The van der Waals surface area contributed by atoms with Gasteiger partial charge in [0, 0.05) is 18.8 Å². The molecule has 1 atom stereocenters. The van der Waals surface area contributed by atoms with E-state index in [1.165, 1.54) is 9.47 Å². The fraction of sp³-hybridized carbons (Fsp3) is 0.429. The predicted molar refractivity (Wildman–Crippen MR) is 107 cm³/mol. The van der Waals surface area contributed by atoms with Gasteiger partial charge in [0.2, 0.25) is 5.91 Å². The Kier molecular flexibility index (Phi) is 5.31. The highest BCUT2D eigenvalue weighted by atomic mass is 16.6. The summed E-state index contributed by atoms with van der Waals surface area (Å²) in [7, 11) is 0. The Bertz CT molecular complexity index is 1140. The highest BCUT2D eigenvalue weighted by molar-refractivity contribution is 5.76. The number of rotatable bonds is 5. The first-order valence-electron chi connectivity index (χ1n) is 9.96. The number of aromatic nitrogens is 2. The van der Waals surface area contributed by atoms with Gasteiger partial charge in [-0.05, 0) is 31.9 Å². The standard InChI is InChI=1S/C21H22N4O5/c1-2-23(11-14-13-29-17-7-3-4-8-18(17)30-14)19(26)12-25-20(27)15(10-22)16-6-5-9-24(16)21(25)28/h3-4,7-8,14H,2,5-6,9,11-13H2,1H3/t14-/m0/s1. The summed E-state index contributed by atoms with van der Waals surface area (Å²) < 4.78 is 13.9. The third-order valence-electron chi connectivity index (χ3n) is 5.46. The molecule has 30 heavy (non-hydrogen) atoms. The first-order valence-corrected chi connectivity index (χ1v) is 9.96. The van der Waals surface area contributed by atoms with Crippen LogP contribution in [0.5, 0.6) is 11.5 Å². The quantitative estimate of drug-likeness (QED) is 0.711.